The molecule has 1 radical (unpaired) electrons. The molecule has 1 saturated heterocycles. The molecule has 1 aromatic heterocycles. The summed E-state index contributed by atoms with van der Waals surface area (Å²) in [6.45, 7) is 9.50. The summed E-state index contributed by atoms with van der Waals surface area (Å²) in [6.07, 6.45) is 2.90. The largest absolute Gasteiger partial charge is 0.492 e. The Bertz CT molecular complexity index is 614. The van der Waals surface area contributed by atoms with Crippen LogP contribution in [0.15, 0.2) is 30.3 Å². The van der Waals surface area contributed by atoms with Crippen molar-refractivity contribution in [3.05, 3.63) is 47.7 Å². The second-order valence-electron chi connectivity index (χ2n) is 5.89. The molecule has 23 heavy (non-hydrogen) atoms. The monoisotopic (exact) mass is 311 g/mol. The molecule has 2 aromatic rings. The molecular weight excluding hydrogens is 288 g/mol. The minimum Gasteiger partial charge on any atom is -0.492 e. The van der Waals surface area contributed by atoms with Gasteiger partial charge in [0.05, 0.1) is 25.1 Å². The van der Waals surface area contributed by atoms with Gasteiger partial charge in [0.15, 0.2) is 0 Å². The number of rotatable bonds is 5. The van der Waals surface area contributed by atoms with Gasteiger partial charge in [-0.3, -0.25) is 4.90 Å². The van der Waals surface area contributed by atoms with Crippen molar-refractivity contribution >= 4 is 0 Å². The summed E-state index contributed by atoms with van der Waals surface area (Å²) in [6, 6.07) is 9.99. The number of hydrogen-bond donors (Lipinski definition) is 0. The van der Waals surface area contributed by atoms with Crippen molar-refractivity contribution in [2.45, 2.75) is 13.8 Å². The highest BCUT2D eigenvalue weighted by Gasteiger charge is 2.11. The molecule has 0 N–H and O–H groups in total. The average molecular weight is 311 g/mol. The molecule has 3 rings (SSSR count). The Kier molecular flexibility index (Phi) is 5.26. The second kappa shape index (κ2) is 7.57. The summed E-state index contributed by atoms with van der Waals surface area (Å²) in [7, 11) is 0. The quantitative estimate of drug-likeness (QED) is 0.850. The maximum Gasteiger partial charge on any atom is 0.119 e. The molecule has 0 amide bonds. The van der Waals surface area contributed by atoms with Crippen molar-refractivity contribution in [1.29, 1.82) is 0 Å². The van der Waals surface area contributed by atoms with Crippen LogP contribution in [0.1, 0.15) is 11.1 Å². The molecule has 0 unspecified atom stereocenters. The molecule has 0 bridgehead atoms. The molecule has 1 aliphatic rings. The number of aromatic nitrogens is 1. The SMILES string of the molecule is Cc1cc(OCCN2CCOCC2)cc(C)c1-c1ccc[c]n1. The van der Waals surface area contributed by atoms with Gasteiger partial charge in [0, 0.05) is 25.2 Å². The van der Waals surface area contributed by atoms with Gasteiger partial charge in [-0.25, -0.2) is 4.98 Å². The zero-order valence-corrected chi connectivity index (χ0v) is 13.8. The van der Waals surface area contributed by atoms with Crippen molar-refractivity contribution in [3.63, 3.8) is 0 Å². The number of nitrogens with zero attached hydrogens (tertiary/aromatic N) is 2. The number of morpholine rings is 1. The number of benzene rings is 1. The first-order valence-electron chi connectivity index (χ1n) is 8.11. The molecule has 1 aliphatic heterocycles. The third kappa shape index (κ3) is 4.09. The van der Waals surface area contributed by atoms with Crippen LogP contribution >= 0.6 is 0 Å². The van der Waals surface area contributed by atoms with Crippen LogP contribution in [0.4, 0.5) is 0 Å². The minimum atomic E-state index is 0.704. The topological polar surface area (TPSA) is 34.6 Å². The standard InChI is InChI=1S/C19H23N2O2/c1-15-13-17(23-12-9-21-7-10-22-11-8-21)14-16(2)19(15)18-5-3-4-6-20-18/h3-5,13-14H,7-12H2,1-2H3. The van der Waals surface area contributed by atoms with Gasteiger partial charge in [-0.1, -0.05) is 6.07 Å². The van der Waals surface area contributed by atoms with E-state index in [0.717, 1.165) is 44.3 Å². The van der Waals surface area contributed by atoms with Crippen LogP contribution in [0.25, 0.3) is 11.3 Å². The zero-order valence-electron chi connectivity index (χ0n) is 13.8. The Morgan fingerprint density at radius 3 is 2.61 bits per heavy atom. The Hall–Kier alpha value is -1.91. The third-order valence-corrected chi connectivity index (χ3v) is 4.15. The molecule has 2 heterocycles. The molecule has 4 nitrogen and oxygen atoms in total. The lowest BCUT2D eigenvalue weighted by Crippen LogP contribution is -2.38. The molecule has 121 valence electrons. The summed E-state index contributed by atoms with van der Waals surface area (Å²) in [5.74, 6) is 0.928. The molecule has 1 fully saturated rings. The summed E-state index contributed by atoms with van der Waals surface area (Å²) in [4.78, 5) is 6.72. The highest BCUT2D eigenvalue weighted by molar-refractivity contribution is 5.68. The van der Waals surface area contributed by atoms with Crippen molar-refractivity contribution < 1.29 is 9.47 Å². The van der Waals surface area contributed by atoms with Gasteiger partial charge in [-0.05, 0) is 49.2 Å². The van der Waals surface area contributed by atoms with E-state index >= 15 is 0 Å². The van der Waals surface area contributed by atoms with Crippen LogP contribution in [-0.4, -0.2) is 49.3 Å². The van der Waals surface area contributed by atoms with E-state index in [4.69, 9.17) is 9.47 Å². The fourth-order valence-corrected chi connectivity index (χ4v) is 2.99. The predicted molar refractivity (Wildman–Crippen MR) is 90.7 cm³/mol. The van der Waals surface area contributed by atoms with Crippen LogP contribution in [0.3, 0.4) is 0 Å². The lowest BCUT2D eigenvalue weighted by molar-refractivity contribution is 0.0322. The van der Waals surface area contributed by atoms with Crippen LogP contribution < -0.4 is 4.74 Å². The van der Waals surface area contributed by atoms with E-state index in [1.165, 1.54) is 16.7 Å². The number of hydrogen-bond acceptors (Lipinski definition) is 4. The van der Waals surface area contributed by atoms with Gasteiger partial charge in [0.25, 0.3) is 0 Å². The summed E-state index contributed by atoms with van der Waals surface area (Å²) >= 11 is 0. The van der Waals surface area contributed by atoms with Gasteiger partial charge in [-0.2, -0.15) is 0 Å². The van der Waals surface area contributed by atoms with Gasteiger partial charge in [0.2, 0.25) is 0 Å². The third-order valence-electron chi connectivity index (χ3n) is 4.15. The Labute approximate surface area is 138 Å². The fourth-order valence-electron chi connectivity index (χ4n) is 2.99. The summed E-state index contributed by atoms with van der Waals surface area (Å²) in [5.41, 5.74) is 4.49. The smallest absolute Gasteiger partial charge is 0.119 e. The highest BCUT2D eigenvalue weighted by Crippen LogP contribution is 2.29. The van der Waals surface area contributed by atoms with Crippen LogP contribution in [0, 0.1) is 20.0 Å². The molecule has 0 spiro atoms. The lowest BCUT2D eigenvalue weighted by Gasteiger charge is -2.26. The van der Waals surface area contributed by atoms with Crippen LogP contribution in [-0.2, 0) is 4.74 Å². The number of pyridine rings is 1. The first kappa shape index (κ1) is 16.0. The second-order valence-corrected chi connectivity index (χ2v) is 5.89. The van der Waals surface area contributed by atoms with E-state index < -0.39 is 0 Å². The van der Waals surface area contributed by atoms with Gasteiger partial charge in [0.1, 0.15) is 12.4 Å². The van der Waals surface area contributed by atoms with E-state index in [9.17, 15) is 0 Å². The summed E-state index contributed by atoms with van der Waals surface area (Å²) in [5, 5.41) is 0. The van der Waals surface area contributed by atoms with E-state index in [1.54, 1.807) is 0 Å². The first-order valence-corrected chi connectivity index (χ1v) is 8.11. The summed E-state index contributed by atoms with van der Waals surface area (Å²) < 4.78 is 11.3. The van der Waals surface area contributed by atoms with Gasteiger partial charge >= 0.3 is 0 Å². The number of aryl methyl sites for hydroxylation is 2. The normalized spacial score (nSPS) is 15.6. The molecule has 1 aromatic carbocycles. The van der Waals surface area contributed by atoms with Gasteiger partial charge < -0.3 is 9.47 Å². The van der Waals surface area contributed by atoms with Crippen LogP contribution in [0.5, 0.6) is 5.75 Å². The van der Waals surface area contributed by atoms with E-state index in [2.05, 4.69) is 42.1 Å². The Morgan fingerprint density at radius 2 is 1.96 bits per heavy atom. The van der Waals surface area contributed by atoms with Crippen molar-refractivity contribution in [2.75, 3.05) is 39.5 Å². The fraction of sp³-hybridized carbons (Fsp3) is 0.421. The maximum absolute atomic E-state index is 5.95. The van der Waals surface area contributed by atoms with Crippen molar-refractivity contribution in [1.82, 2.24) is 9.88 Å². The first-order chi connectivity index (χ1) is 11.2. The lowest BCUT2D eigenvalue weighted by atomic mass is 9.99. The maximum atomic E-state index is 5.95. The molecule has 0 saturated carbocycles. The Balaban J connectivity index is 1.65. The molecular formula is C19H23N2O2. The van der Waals surface area contributed by atoms with Gasteiger partial charge in [-0.15, -0.1) is 0 Å². The minimum absolute atomic E-state index is 0.704. The zero-order chi connectivity index (χ0) is 16.1. The average Bonchev–Trinajstić information content (AvgIpc) is 2.56. The van der Waals surface area contributed by atoms with Crippen molar-refractivity contribution in [3.8, 4) is 17.0 Å². The highest BCUT2D eigenvalue weighted by atomic mass is 16.5. The van der Waals surface area contributed by atoms with E-state index in [0.29, 0.717) is 6.61 Å². The molecule has 0 aliphatic carbocycles. The van der Waals surface area contributed by atoms with Crippen molar-refractivity contribution in [2.24, 2.45) is 0 Å². The van der Waals surface area contributed by atoms with E-state index in [1.807, 2.05) is 18.2 Å². The van der Waals surface area contributed by atoms with E-state index in [-0.39, 0.29) is 0 Å². The number of ether oxygens (including phenoxy) is 2. The predicted octanol–water partition coefficient (Wildman–Crippen LogP) is 2.88. The van der Waals surface area contributed by atoms with Crippen LogP contribution in [0.2, 0.25) is 0 Å². The molecule has 0 atom stereocenters. The Morgan fingerprint density at radius 1 is 1.22 bits per heavy atom. The molecule has 4 heteroatoms.